The van der Waals surface area contributed by atoms with Crippen molar-refractivity contribution in [1.29, 1.82) is 0 Å². The maximum Gasteiger partial charge on any atom is 0.416 e. The number of nitrogens with zero attached hydrogens (tertiary/aromatic N) is 1. The fourth-order valence-electron chi connectivity index (χ4n) is 3.74. The van der Waals surface area contributed by atoms with E-state index in [1.807, 2.05) is 4.90 Å². The van der Waals surface area contributed by atoms with Gasteiger partial charge in [-0.3, -0.25) is 9.69 Å². The standard InChI is InChI=1S/C22H24Cl2F3N3O3S/c1-2-34(32,33)20-16(9-17(23)11-19(20)24)12-29-21(31)14-3-4-15(18(10-14)22(25,26)27)13-30-7-5-28-6-8-30/h3-4,9-11,28H,2,5-8,12-13H2,1H3,(H,29,31). The first-order valence-corrected chi connectivity index (χ1v) is 12.9. The lowest BCUT2D eigenvalue weighted by atomic mass is 10.0. The Morgan fingerprint density at radius 3 is 2.41 bits per heavy atom. The molecule has 1 aliphatic heterocycles. The smallest absolute Gasteiger partial charge is 0.348 e. The molecule has 6 nitrogen and oxygen atoms in total. The predicted octanol–water partition coefficient (Wildman–Crippen LogP) is 4.14. The molecule has 0 unspecified atom stereocenters. The van der Waals surface area contributed by atoms with Crippen LogP contribution in [0.15, 0.2) is 35.2 Å². The van der Waals surface area contributed by atoms with Gasteiger partial charge in [0.05, 0.1) is 21.2 Å². The van der Waals surface area contributed by atoms with E-state index in [9.17, 15) is 26.4 Å². The monoisotopic (exact) mass is 537 g/mol. The second-order valence-electron chi connectivity index (χ2n) is 7.86. The van der Waals surface area contributed by atoms with Crippen molar-refractivity contribution in [2.45, 2.75) is 31.1 Å². The number of amides is 1. The molecule has 12 heteroatoms. The van der Waals surface area contributed by atoms with Crippen LogP contribution < -0.4 is 10.6 Å². The summed E-state index contributed by atoms with van der Waals surface area (Å²) >= 11 is 12.1. The average molecular weight is 538 g/mol. The Bertz CT molecular complexity index is 1170. The first-order valence-electron chi connectivity index (χ1n) is 10.5. The van der Waals surface area contributed by atoms with Crippen LogP contribution in [0.2, 0.25) is 10.0 Å². The number of benzene rings is 2. The molecule has 1 amide bonds. The zero-order valence-electron chi connectivity index (χ0n) is 18.3. The highest BCUT2D eigenvalue weighted by molar-refractivity contribution is 7.91. The molecular formula is C22H24Cl2F3N3O3S. The summed E-state index contributed by atoms with van der Waals surface area (Å²) in [5, 5.41) is 5.71. The molecular weight excluding hydrogens is 514 g/mol. The van der Waals surface area contributed by atoms with E-state index in [-0.39, 0.29) is 50.5 Å². The van der Waals surface area contributed by atoms with Gasteiger partial charge in [-0.1, -0.05) is 36.2 Å². The molecule has 0 saturated carbocycles. The largest absolute Gasteiger partial charge is 0.416 e. The van der Waals surface area contributed by atoms with Crippen molar-refractivity contribution in [3.63, 3.8) is 0 Å². The Kier molecular flexibility index (Phi) is 8.51. The summed E-state index contributed by atoms with van der Waals surface area (Å²) in [5.74, 6) is -1.01. The highest BCUT2D eigenvalue weighted by Gasteiger charge is 2.34. The average Bonchev–Trinajstić information content (AvgIpc) is 2.77. The number of alkyl halides is 3. The molecule has 0 atom stereocenters. The summed E-state index contributed by atoms with van der Waals surface area (Å²) in [5.41, 5.74) is -0.828. The fraction of sp³-hybridized carbons (Fsp3) is 0.409. The topological polar surface area (TPSA) is 78.5 Å². The fourth-order valence-corrected chi connectivity index (χ4v) is 5.81. The number of carbonyl (C=O) groups is 1. The Morgan fingerprint density at radius 2 is 1.79 bits per heavy atom. The van der Waals surface area contributed by atoms with Gasteiger partial charge in [-0.05, 0) is 35.4 Å². The van der Waals surface area contributed by atoms with Crippen LogP contribution in [0.4, 0.5) is 13.2 Å². The third-order valence-electron chi connectivity index (χ3n) is 5.50. The van der Waals surface area contributed by atoms with Gasteiger partial charge >= 0.3 is 6.18 Å². The molecule has 0 spiro atoms. The van der Waals surface area contributed by atoms with Crippen LogP contribution in [0.5, 0.6) is 0 Å². The van der Waals surface area contributed by atoms with Gasteiger partial charge in [0.15, 0.2) is 9.84 Å². The zero-order valence-corrected chi connectivity index (χ0v) is 20.6. The number of hydrogen-bond donors (Lipinski definition) is 2. The van der Waals surface area contributed by atoms with Crippen molar-refractivity contribution in [3.8, 4) is 0 Å². The molecule has 0 aliphatic carbocycles. The summed E-state index contributed by atoms with van der Waals surface area (Å²) < 4.78 is 66.2. The van der Waals surface area contributed by atoms with Gasteiger partial charge in [-0.25, -0.2) is 8.42 Å². The van der Waals surface area contributed by atoms with Crippen LogP contribution in [0.3, 0.4) is 0 Å². The Balaban J connectivity index is 1.84. The van der Waals surface area contributed by atoms with Crippen molar-refractivity contribution < 1.29 is 26.4 Å². The Labute approximate surface area is 206 Å². The van der Waals surface area contributed by atoms with Gasteiger partial charge in [0.25, 0.3) is 5.91 Å². The Hall–Kier alpha value is -1.85. The van der Waals surface area contributed by atoms with E-state index in [1.54, 1.807) is 0 Å². The zero-order chi connectivity index (χ0) is 25.1. The first-order chi connectivity index (χ1) is 15.9. The molecule has 34 heavy (non-hydrogen) atoms. The minimum atomic E-state index is -4.64. The third-order valence-corrected chi connectivity index (χ3v) is 7.99. The predicted molar refractivity (Wildman–Crippen MR) is 125 cm³/mol. The van der Waals surface area contributed by atoms with Gasteiger partial charge in [0.1, 0.15) is 0 Å². The van der Waals surface area contributed by atoms with Crippen molar-refractivity contribution in [2.75, 3.05) is 31.9 Å². The van der Waals surface area contributed by atoms with E-state index < -0.39 is 27.5 Å². The first kappa shape index (κ1) is 26.7. The van der Waals surface area contributed by atoms with Crippen molar-refractivity contribution in [2.24, 2.45) is 0 Å². The van der Waals surface area contributed by atoms with E-state index in [0.29, 0.717) is 26.2 Å². The lowest BCUT2D eigenvalue weighted by molar-refractivity contribution is -0.138. The summed E-state index contributed by atoms with van der Waals surface area (Å²) in [7, 11) is -3.73. The maximum atomic E-state index is 13.8. The molecule has 2 N–H and O–H groups in total. The molecule has 1 saturated heterocycles. The molecule has 0 aromatic heterocycles. The number of sulfone groups is 1. The lowest BCUT2D eigenvalue weighted by Gasteiger charge is -2.28. The molecule has 0 radical (unpaired) electrons. The normalized spacial score (nSPS) is 15.4. The number of rotatable bonds is 7. The van der Waals surface area contributed by atoms with E-state index in [0.717, 1.165) is 6.07 Å². The van der Waals surface area contributed by atoms with Crippen LogP contribution in [-0.2, 0) is 29.1 Å². The van der Waals surface area contributed by atoms with Crippen LogP contribution >= 0.6 is 23.2 Å². The third kappa shape index (κ3) is 6.42. The molecule has 1 aliphatic rings. The molecule has 1 fully saturated rings. The van der Waals surface area contributed by atoms with Gasteiger partial charge in [0, 0.05) is 49.9 Å². The summed E-state index contributed by atoms with van der Waals surface area (Å²) in [6.07, 6.45) is -4.64. The van der Waals surface area contributed by atoms with Crippen molar-refractivity contribution >= 4 is 38.9 Å². The van der Waals surface area contributed by atoms with Crippen LogP contribution in [0.1, 0.15) is 34.0 Å². The van der Waals surface area contributed by atoms with E-state index in [1.165, 1.54) is 31.2 Å². The van der Waals surface area contributed by atoms with Gasteiger partial charge < -0.3 is 10.6 Å². The van der Waals surface area contributed by atoms with E-state index in [2.05, 4.69) is 10.6 Å². The number of nitrogens with one attached hydrogen (secondary N) is 2. The summed E-state index contributed by atoms with van der Waals surface area (Å²) in [6.45, 7) is 3.95. The number of halogens is 5. The minimum Gasteiger partial charge on any atom is -0.348 e. The van der Waals surface area contributed by atoms with Gasteiger partial charge in [-0.2, -0.15) is 13.2 Å². The van der Waals surface area contributed by atoms with Gasteiger partial charge in [0.2, 0.25) is 0 Å². The molecule has 2 aromatic carbocycles. The molecule has 1 heterocycles. The number of piperazine rings is 1. The van der Waals surface area contributed by atoms with Crippen LogP contribution in [0, 0.1) is 0 Å². The van der Waals surface area contributed by atoms with Crippen molar-refractivity contribution in [3.05, 3.63) is 62.6 Å². The number of hydrogen-bond acceptors (Lipinski definition) is 5. The Morgan fingerprint density at radius 1 is 1.12 bits per heavy atom. The summed E-state index contributed by atoms with van der Waals surface area (Å²) in [4.78, 5) is 14.4. The number of carbonyl (C=O) groups excluding carboxylic acids is 1. The molecule has 3 rings (SSSR count). The highest BCUT2D eigenvalue weighted by Crippen LogP contribution is 2.34. The second kappa shape index (κ2) is 10.8. The lowest BCUT2D eigenvalue weighted by Crippen LogP contribution is -2.43. The van der Waals surface area contributed by atoms with Crippen molar-refractivity contribution in [1.82, 2.24) is 15.5 Å². The van der Waals surface area contributed by atoms with E-state index in [4.69, 9.17) is 23.2 Å². The van der Waals surface area contributed by atoms with Gasteiger partial charge in [-0.15, -0.1) is 0 Å². The minimum absolute atomic E-state index is 0.0869. The molecule has 0 bridgehead atoms. The molecule has 186 valence electrons. The summed E-state index contributed by atoms with van der Waals surface area (Å²) in [6, 6.07) is 6.10. The SMILES string of the molecule is CCS(=O)(=O)c1c(Cl)cc(Cl)cc1CNC(=O)c1ccc(CN2CCNCC2)c(C(F)(F)F)c1. The quantitative estimate of drug-likeness (QED) is 0.554. The highest BCUT2D eigenvalue weighted by atomic mass is 35.5. The maximum absolute atomic E-state index is 13.8. The second-order valence-corrected chi connectivity index (χ2v) is 10.9. The molecule has 2 aromatic rings. The van der Waals surface area contributed by atoms with Crippen LogP contribution in [-0.4, -0.2) is 51.2 Å². The van der Waals surface area contributed by atoms with Crippen LogP contribution in [0.25, 0.3) is 0 Å². The van der Waals surface area contributed by atoms with E-state index >= 15 is 0 Å².